The minimum absolute atomic E-state index is 0.212. The van der Waals surface area contributed by atoms with E-state index in [1.54, 1.807) is 32.6 Å². The summed E-state index contributed by atoms with van der Waals surface area (Å²) >= 11 is 5.77. The van der Waals surface area contributed by atoms with Gasteiger partial charge >= 0.3 is 0 Å². The summed E-state index contributed by atoms with van der Waals surface area (Å²) in [5.41, 5.74) is 8.97. The molecule has 1 aromatic heterocycles. The molecule has 1 heterocycles. The number of nitrogens with one attached hydrogen (secondary N) is 1. The first-order valence-electron chi connectivity index (χ1n) is 5.93. The molecule has 0 aliphatic carbocycles. The van der Waals surface area contributed by atoms with Crippen molar-refractivity contribution in [3.8, 4) is 11.5 Å². The van der Waals surface area contributed by atoms with E-state index in [-0.39, 0.29) is 16.9 Å². The van der Waals surface area contributed by atoms with Gasteiger partial charge in [0.05, 0.1) is 20.4 Å². The Labute approximate surface area is 126 Å². The maximum atomic E-state index is 5.77. The van der Waals surface area contributed by atoms with Crippen molar-refractivity contribution in [2.24, 2.45) is 5.10 Å². The average molecular weight is 308 g/mol. The van der Waals surface area contributed by atoms with Gasteiger partial charge in [-0.2, -0.15) is 15.1 Å². The number of hydrogen-bond donors (Lipinski definition) is 2. The van der Waals surface area contributed by atoms with E-state index < -0.39 is 0 Å². The lowest BCUT2D eigenvalue weighted by Gasteiger charge is -2.07. The summed E-state index contributed by atoms with van der Waals surface area (Å²) in [6.45, 7) is 0. The molecule has 0 saturated carbocycles. The number of aromatic nitrogens is 2. The van der Waals surface area contributed by atoms with Gasteiger partial charge in [0.1, 0.15) is 22.5 Å². The molecule has 0 aliphatic rings. The normalized spacial score (nSPS) is 10.6. The lowest BCUT2D eigenvalue weighted by atomic mass is 10.2. The maximum absolute atomic E-state index is 5.77. The van der Waals surface area contributed by atoms with E-state index in [1.165, 1.54) is 6.07 Å². The van der Waals surface area contributed by atoms with Gasteiger partial charge in [0, 0.05) is 17.7 Å². The van der Waals surface area contributed by atoms with E-state index in [1.807, 2.05) is 6.07 Å². The van der Waals surface area contributed by atoms with Gasteiger partial charge in [-0.3, -0.25) is 0 Å². The molecule has 2 rings (SSSR count). The summed E-state index contributed by atoms with van der Waals surface area (Å²) in [7, 11) is 3.16. The number of nitrogen functional groups attached to an aromatic ring is 1. The third-order valence-corrected chi connectivity index (χ3v) is 2.72. The summed E-state index contributed by atoms with van der Waals surface area (Å²) < 4.78 is 10.4. The van der Waals surface area contributed by atoms with Crippen LogP contribution in [0.25, 0.3) is 0 Å². The first-order chi connectivity index (χ1) is 10.1. The molecule has 110 valence electrons. The van der Waals surface area contributed by atoms with Crippen molar-refractivity contribution in [2.75, 3.05) is 25.4 Å². The fraction of sp³-hybridized carbons (Fsp3) is 0.154. The second-order valence-electron chi connectivity index (χ2n) is 3.92. The molecule has 0 bridgehead atoms. The van der Waals surface area contributed by atoms with Crippen molar-refractivity contribution < 1.29 is 9.47 Å². The van der Waals surface area contributed by atoms with Crippen molar-refractivity contribution >= 4 is 29.6 Å². The van der Waals surface area contributed by atoms with E-state index in [0.717, 1.165) is 5.56 Å². The van der Waals surface area contributed by atoms with Crippen molar-refractivity contribution in [1.82, 2.24) is 9.97 Å². The minimum Gasteiger partial charge on any atom is -0.497 e. The summed E-state index contributed by atoms with van der Waals surface area (Å²) in [5.74, 6) is 1.80. The highest BCUT2D eigenvalue weighted by molar-refractivity contribution is 6.29. The highest BCUT2D eigenvalue weighted by atomic mass is 35.5. The van der Waals surface area contributed by atoms with Crippen LogP contribution in [0.4, 0.5) is 11.8 Å². The Morgan fingerprint density at radius 3 is 2.71 bits per heavy atom. The molecule has 0 aliphatic heterocycles. The van der Waals surface area contributed by atoms with E-state index >= 15 is 0 Å². The molecule has 0 spiro atoms. The largest absolute Gasteiger partial charge is 0.497 e. The van der Waals surface area contributed by atoms with Crippen LogP contribution in [-0.4, -0.2) is 30.4 Å². The number of hydrazone groups is 1. The molecule has 1 aromatic carbocycles. The van der Waals surface area contributed by atoms with Crippen LogP contribution in [-0.2, 0) is 0 Å². The second-order valence-corrected chi connectivity index (χ2v) is 4.30. The Bertz CT molecular complexity index is 643. The van der Waals surface area contributed by atoms with Crippen LogP contribution in [0.2, 0.25) is 5.15 Å². The Morgan fingerprint density at radius 1 is 1.24 bits per heavy atom. The molecule has 0 unspecified atom stereocenters. The minimum atomic E-state index is 0.212. The zero-order valence-electron chi connectivity index (χ0n) is 11.5. The third-order valence-electron chi connectivity index (χ3n) is 2.52. The van der Waals surface area contributed by atoms with Gasteiger partial charge in [-0.05, 0) is 12.1 Å². The molecule has 21 heavy (non-hydrogen) atoms. The fourth-order valence-corrected chi connectivity index (χ4v) is 1.76. The summed E-state index contributed by atoms with van der Waals surface area (Å²) in [4.78, 5) is 7.87. The standard InChI is InChI=1S/C13H14ClN5O2/c1-20-9-4-3-8(10(5-9)21-2)7-16-19-13-17-11(14)6-12(15)18-13/h3-7H,1-2H3,(H3,15,17,18,19)/b16-7-. The number of benzene rings is 1. The number of halogens is 1. The predicted octanol–water partition coefficient (Wildman–Crippen LogP) is 2.18. The van der Waals surface area contributed by atoms with Crippen LogP contribution in [0.3, 0.4) is 0 Å². The Hall–Kier alpha value is -2.54. The topological polar surface area (TPSA) is 94.7 Å². The summed E-state index contributed by atoms with van der Waals surface area (Å²) in [5, 5.41) is 4.26. The van der Waals surface area contributed by atoms with Crippen LogP contribution >= 0.6 is 11.6 Å². The highest BCUT2D eigenvalue weighted by Crippen LogP contribution is 2.23. The maximum Gasteiger partial charge on any atom is 0.246 e. The molecule has 0 atom stereocenters. The monoisotopic (exact) mass is 307 g/mol. The van der Waals surface area contributed by atoms with Gasteiger partial charge in [0.2, 0.25) is 5.95 Å². The zero-order chi connectivity index (χ0) is 15.2. The molecule has 8 heteroatoms. The Kier molecular flexibility index (Phi) is 4.78. The molecule has 2 aromatic rings. The van der Waals surface area contributed by atoms with Gasteiger partial charge in [-0.1, -0.05) is 11.6 Å². The lowest BCUT2D eigenvalue weighted by molar-refractivity contribution is 0.394. The molecule has 3 N–H and O–H groups in total. The van der Waals surface area contributed by atoms with Gasteiger partial charge < -0.3 is 15.2 Å². The molecule has 0 radical (unpaired) electrons. The van der Waals surface area contributed by atoms with Crippen molar-refractivity contribution in [2.45, 2.75) is 0 Å². The molecule has 0 fully saturated rings. The molecule has 7 nitrogen and oxygen atoms in total. The number of rotatable bonds is 5. The first-order valence-corrected chi connectivity index (χ1v) is 6.31. The Balaban J connectivity index is 2.14. The van der Waals surface area contributed by atoms with Gasteiger partial charge in [-0.15, -0.1) is 0 Å². The van der Waals surface area contributed by atoms with Crippen LogP contribution in [0.15, 0.2) is 29.4 Å². The predicted molar refractivity (Wildman–Crippen MR) is 82.2 cm³/mol. The summed E-state index contributed by atoms with van der Waals surface area (Å²) in [6.07, 6.45) is 1.57. The van der Waals surface area contributed by atoms with E-state index in [0.29, 0.717) is 11.5 Å². The third kappa shape index (κ3) is 3.96. The van der Waals surface area contributed by atoms with Crippen LogP contribution in [0, 0.1) is 0 Å². The zero-order valence-corrected chi connectivity index (χ0v) is 12.3. The highest BCUT2D eigenvalue weighted by Gasteiger charge is 2.03. The molecule has 0 amide bonds. The van der Waals surface area contributed by atoms with Crippen LogP contribution < -0.4 is 20.6 Å². The first kappa shape index (κ1) is 14.9. The lowest BCUT2D eigenvalue weighted by Crippen LogP contribution is -2.00. The number of nitrogens with zero attached hydrogens (tertiary/aromatic N) is 3. The number of ether oxygens (including phenoxy) is 2. The summed E-state index contributed by atoms with van der Waals surface area (Å²) in [6, 6.07) is 6.83. The molecular formula is C13H14ClN5O2. The van der Waals surface area contributed by atoms with Gasteiger partial charge in [0.25, 0.3) is 0 Å². The van der Waals surface area contributed by atoms with Crippen molar-refractivity contribution in [1.29, 1.82) is 0 Å². The fourth-order valence-electron chi connectivity index (χ4n) is 1.57. The van der Waals surface area contributed by atoms with E-state index in [9.17, 15) is 0 Å². The average Bonchev–Trinajstić information content (AvgIpc) is 2.46. The quantitative estimate of drug-likeness (QED) is 0.499. The number of methoxy groups -OCH3 is 2. The van der Waals surface area contributed by atoms with Crippen molar-refractivity contribution in [3.63, 3.8) is 0 Å². The molecular weight excluding hydrogens is 294 g/mol. The van der Waals surface area contributed by atoms with Crippen LogP contribution in [0.5, 0.6) is 11.5 Å². The number of anilines is 2. The Morgan fingerprint density at radius 2 is 2.05 bits per heavy atom. The second kappa shape index (κ2) is 6.76. The van der Waals surface area contributed by atoms with Crippen LogP contribution in [0.1, 0.15) is 5.56 Å². The number of hydrogen-bond acceptors (Lipinski definition) is 7. The number of nitrogens with two attached hydrogens (primary N) is 1. The van der Waals surface area contributed by atoms with Crippen molar-refractivity contribution in [3.05, 3.63) is 35.0 Å². The SMILES string of the molecule is COc1ccc(/C=N\Nc2nc(N)cc(Cl)n2)c(OC)c1. The van der Waals surface area contributed by atoms with Gasteiger partial charge in [-0.25, -0.2) is 5.43 Å². The van der Waals surface area contributed by atoms with Gasteiger partial charge in [0.15, 0.2) is 0 Å². The smallest absolute Gasteiger partial charge is 0.246 e. The molecule has 0 saturated heterocycles. The van der Waals surface area contributed by atoms with E-state index in [2.05, 4.69) is 20.5 Å². The van der Waals surface area contributed by atoms with E-state index in [4.69, 9.17) is 26.8 Å².